The molecule has 3 rings (SSSR count). The number of imidazole rings is 1. The Balaban J connectivity index is 1.96. The lowest BCUT2D eigenvalue weighted by Crippen LogP contribution is -2.06. The van der Waals surface area contributed by atoms with E-state index in [-0.39, 0.29) is 0 Å². The third-order valence-electron chi connectivity index (χ3n) is 3.08. The summed E-state index contributed by atoms with van der Waals surface area (Å²) < 4.78 is 40.3. The van der Waals surface area contributed by atoms with Gasteiger partial charge in [0, 0.05) is 22.9 Å². The Hall–Kier alpha value is -1.51. The molecule has 0 spiro atoms. The number of halogens is 3. The van der Waals surface area contributed by atoms with Crippen molar-refractivity contribution < 1.29 is 13.2 Å². The Kier molecular flexibility index (Phi) is 4.16. The van der Waals surface area contributed by atoms with Crippen LogP contribution >= 0.6 is 23.1 Å². The fourth-order valence-corrected chi connectivity index (χ4v) is 3.90. The molecule has 0 aliphatic carbocycles. The van der Waals surface area contributed by atoms with Crippen LogP contribution in [0.1, 0.15) is 11.3 Å². The smallest absolute Gasteiger partial charge is 0.330 e. The molecule has 0 atom stereocenters. The number of alkyl halides is 3. The molecule has 1 aromatic carbocycles. The van der Waals surface area contributed by atoms with Crippen molar-refractivity contribution in [2.75, 3.05) is 6.54 Å². The maximum Gasteiger partial charge on any atom is 0.416 e. The maximum atomic E-state index is 12.8. The number of hydrogen-bond donors (Lipinski definition) is 1. The lowest BCUT2D eigenvalue weighted by Gasteiger charge is -2.08. The van der Waals surface area contributed by atoms with Crippen LogP contribution in [0.15, 0.2) is 45.8 Å². The third-order valence-corrected chi connectivity index (χ3v) is 4.85. The second kappa shape index (κ2) is 5.94. The average molecular weight is 343 g/mol. The molecule has 0 bridgehead atoms. The molecule has 0 unspecified atom stereocenters. The van der Waals surface area contributed by atoms with E-state index in [0.717, 1.165) is 22.8 Å². The van der Waals surface area contributed by atoms with E-state index in [4.69, 9.17) is 5.73 Å². The van der Waals surface area contributed by atoms with Crippen molar-refractivity contribution in [1.82, 2.24) is 9.38 Å². The number of nitrogens with two attached hydrogens (primary N) is 1. The van der Waals surface area contributed by atoms with E-state index in [1.807, 2.05) is 16.0 Å². The van der Waals surface area contributed by atoms with Crippen LogP contribution in [0.25, 0.3) is 4.96 Å². The van der Waals surface area contributed by atoms with Crippen molar-refractivity contribution in [3.05, 3.63) is 47.1 Å². The van der Waals surface area contributed by atoms with E-state index < -0.39 is 11.7 Å². The zero-order valence-corrected chi connectivity index (χ0v) is 12.9. The number of rotatable bonds is 4. The average Bonchev–Trinajstić information content (AvgIpc) is 3.02. The van der Waals surface area contributed by atoms with Crippen LogP contribution in [0, 0.1) is 0 Å². The normalized spacial score (nSPS) is 12.2. The first-order valence-electron chi connectivity index (χ1n) is 6.48. The highest BCUT2D eigenvalue weighted by Gasteiger charge is 2.30. The monoisotopic (exact) mass is 343 g/mol. The van der Waals surface area contributed by atoms with Crippen molar-refractivity contribution in [3.8, 4) is 0 Å². The van der Waals surface area contributed by atoms with Gasteiger partial charge in [0.15, 0.2) is 4.96 Å². The lowest BCUT2D eigenvalue weighted by molar-refractivity contribution is -0.137. The Labute approximate surface area is 133 Å². The third kappa shape index (κ3) is 2.99. The van der Waals surface area contributed by atoms with E-state index in [0.29, 0.717) is 22.9 Å². The van der Waals surface area contributed by atoms with E-state index in [2.05, 4.69) is 4.98 Å². The van der Waals surface area contributed by atoms with Crippen LogP contribution in [0.2, 0.25) is 0 Å². The molecule has 8 heteroatoms. The van der Waals surface area contributed by atoms with Crippen LogP contribution < -0.4 is 5.73 Å². The quantitative estimate of drug-likeness (QED) is 0.777. The highest BCUT2D eigenvalue weighted by atomic mass is 32.2. The van der Waals surface area contributed by atoms with Crippen LogP contribution in [0.3, 0.4) is 0 Å². The Morgan fingerprint density at radius 2 is 2.14 bits per heavy atom. The molecule has 0 aliphatic heterocycles. The lowest BCUT2D eigenvalue weighted by atomic mass is 10.2. The number of nitrogens with zero attached hydrogens (tertiary/aromatic N) is 2. The van der Waals surface area contributed by atoms with Gasteiger partial charge < -0.3 is 5.73 Å². The van der Waals surface area contributed by atoms with Crippen molar-refractivity contribution in [1.29, 1.82) is 0 Å². The van der Waals surface area contributed by atoms with E-state index in [1.54, 1.807) is 6.07 Å². The molecule has 3 aromatic rings. The molecule has 0 aliphatic rings. The molecule has 3 nitrogen and oxygen atoms in total. The topological polar surface area (TPSA) is 43.3 Å². The Morgan fingerprint density at radius 3 is 2.86 bits per heavy atom. The zero-order valence-electron chi connectivity index (χ0n) is 11.3. The first-order chi connectivity index (χ1) is 10.5. The SMILES string of the molecule is NCCc1c(Sc2cccc(C(F)(F)F)c2)nc2sccn12. The fraction of sp³-hybridized carbons (Fsp3) is 0.214. The summed E-state index contributed by atoms with van der Waals surface area (Å²) >= 11 is 2.72. The van der Waals surface area contributed by atoms with Gasteiger partial charge in [-0.1, -0.05) is 17.8 Å². The Morgan fingerprint density at radius 1 is 1.32 bits per heavy atom. The minimum Gasteiger partial charge on any atom is -0.330 e. The molecule has 0 fully saturated rings. The Bertz CT molecular complexity index is 792. The van der Waals surface area contributed by atoms with Gasteiger partial charge in [0.2, 0.25) is 0 Å². The van der Waals surface area contributed by atoms with Crippen molar-refractivity contribution in [3.63, 3.8) is 0 Å². The van der Waals surface area contributed by atoms with E-state index in [1.165, 1.54) is 29.2 Å². The molecular formula is C14H12F3N3S2. The van der Waals surface area contributed by atoms with Gasteiger partial charge in [-0.05, 0) is 24.7 Å². The van der Waals surface area contributed by atoms with Gasteiger partial charge >= 0.3 is 6.18 Å². The molecule has 2 N–H and O–H groups in total. The first-order valence-corrected chi connectivity index (χ1v) is 8.18. The summed E-state index contributed by atoms with van der Waals surface area (Å²) in [4.78, 5) is 5.82. The molecule has 2 aromatic heterocycles. The second-order valence-electron chi connectivity index (χ2n) is 4.59. The predicted octanol–water partition coefficient (Wildman–Crippen LogP) is 4.07. The maximum absolute atomic E-state index is 12.8. The van der Waals surface area contributed by atoms with Gasteiger partial charge in [-0.15, -0.1) is 11.3 Å². The van der Waals surface area contributed by atoms with Crippen LogP contribution in [-0.2, 0) is 12.6 Å². The molecule has 0 radical (unpaired) electrons. The summed E-state index contributed by atoms with van der Waals surface area (Å²) in [6, 6.07) is 5.27. The molecule has 116 valence electrons. The fourth-order valence-electron chi connectivity index (χ4n) is 2.11. The van der Waals surface area contributed by atoms with Crippen LogP contribution in [0.4, 0.5) is 13.2 Å². The number of thiazole rings is 1. The standard InChI is InChI=1S/C14H12F3N3S2/c15-14(16,17)9-2-1-3-10(8-9)22-12-11(4-5-18)20-6-7-21-13(20)19-12/h1-3,6-8H,4-5,18H2. The summed E-state index contributed by atoms with van der Waals surface area (Å²) in [6.45, 7) is 0.458. The molecule has 0 saturated carbocycles. The highest BCUT2D eigenvalue weighted by Crippen LogP contribution is 2.36. The van der Waals surface area contributed by atoms with E-state index >= 15 is 0 Å². The minimum absolute atomic E-state index is 0.458. The molecule has 0 saturated heterocycles. The summed E-state index contributed by atoms with van der Waals surface area (Å²) in [5.41, 5.74) is 5.91. The van der Waals surface area contributed by atoms with Crippen molar-refractivity contribution >= 4 is 28.1 Å². The van der Waals surface area contributed by atoms with Crippen molar-refractivity contribution in [2.45, 2.75) is 22.5 Å². The summed E-state index contributed by atoms with van der Waals surface area (Å²) in [5, 5.41) is 2.62. The number of fused-ring (bicyclic) bond motifs is 1. The number of hydrogen-bond acceptors (Lipinski definition) is 4. The van der Waals surface area contributed by atoms with Gasteiger partial charge in [0.1, 0.15) is 5.03 Å². The van der Waals surface area contributed by atoms with Gasteiger partial charge in [0.05, 0.1) is 11.3 Å². The highest BCUT2D eigenvalue weighted by molar-refractivity contribution is 7.99. The zero-order chi connectivity index (χ0) is 15.7. The first kappa shape index (κ1) is 15.4. The number of benzene rings is 1. The van der Waals surface area contributed by atoms with Gasteiger partial charge in [0.25, 0.3) is 0 Å². The van der Waals surface area contributed by atoms with Gasteiger partial charge in [-0.3, -0.25) is 4.40 Å². The largest absolute Gasteiger partial charge is 0.416 e. The minimum atomic E-state index is -4.34. The molecule has 2 heterocycles. The van der Waals surface area contributed by atoms with Gasteiger partial charge in [-0.2, -0.15) is 13.2 Å². The van der Waals surface area contributed by atoms with Crippen molar-refractivity contribution in [2.24, 2.45) is 5.73 Å². The molecular weight excluding hydrogens is 331 g/mol. The second-order valence-corrected chi connectivity index (χ2v) is 6.52. The summed E-state index contributed by atoms with van der Waals surface area (Å²) in [5.74, 6) is 0. The summed E-state index contributed by atoms with van der Waals surface area (Å²) in [7, 11) is 0. The number of aromatic nitrogens is 2. The summed E-state index contributed by atoms with van der Waals surface area (Å²) in [6.07, 6.45) is -1.82. The molecule has 22 heavy (non-hydrogen) atoms. The van der Waals surface area contributed by atoms with Crippen LogP contribution in [-0.4, -0.2) is 15.9 Å². The van der Waals surface area contributed by atoms with Gasteiger partial charge in [-0.25, -0.2) is 4.98 Å². The van der Waals surface area contributed by atoms with Crippen LogP contribution in [0.5, 0.6) is 0 Å². The molecule has 0 amide bonds. The predicted molar refractivity (Wildman–Crippen MR) is 81.4 cm³/mol. The van der Waals surface area contributed by atoms with E-state index in [9.17, 15) is 13.2 Å².